The summed E-state index contributed by atoms with van der Waals surface area (Å²) in [6, 6.07) is 0. The lowest BCUT2D eigenvalue weighted by atomic mass is 9.91. The van der Waals surface area contributed by atoms with Gasteiger partial charge in [-0.2, -0.15) is 4.98 Å². The third-order valence-corrected chi connectivity index (χ3v) is 6.62. The van der Waals surface area contributed by atoms with E-state index in [2.05, 4.69) is 19.8 Å². The summed E-state index contributed by atoms with van der Waals surface area (Å²) in [4.78, 5) is 9.32. The largest absolute Gasteiger partial charge is 0.330 e. The topological polar surface area (TPSA) is 69.6 Å². The van der Waals surface area contributed by atoms with Crippen LogP contribution in [0, 0.1) is 12.8 Å². The van der Waals surface area contributed by atoms with Gasteiger partial charge in [-0.1, -0.05) is 69.4 Å². The van der Waals surface area contributed by atoms with E-state index < -0.39 is 0 Å². The molecule has 2 aromatic heterocycles. The molecule has 0 saturated heterocycles. The van der Waals surface area contributed by atoms with Gasteiger partial charge in [-0.15, -0.1) is 5.10 Å². The minimum Gasteiger partial charge on any atom is -0.330 e. The molecule has 28 heavy (non-hydrogen) atoms. The first-order valence-corrected chi connectivity index (χ1v) is 11.5. The molecule has 0 amide bonds. The number of aromatic nitrogens is 5. The zero-order valence-electron chi connectivity index (χ0n) is 17.4. The summed E-state index contributed by atoms with van der Waals surface area (Å²) < 4.78 is 7.63. The van der Waals surface area contributed by atoms with Crippen molar-refractivity contribution >= 4 is 0 Å². The SMILES string of the molecule is Cc1nc(-c2nc(C3CCCCCCC3)no2)nn1CC1CCCCCCC1. The maximum atomic E-state index is 5.57. The first kappa shape index (κ1) is 19.6. The van der Waals surface area contributed by atoms with Gasteiger partial charge in [0.25, 0.3) is 5.89 Å². The van der Waals surface area contributed by atoms with Gasteiger partial charge >= 0.3 is 0 Å². The first-order chi connectivity index (χ1) is 13.8. The standard InChI is InChI=1S/C22H35N5O/c1-17-23-21(25-27(17)16-18-12-8-4-2-5-9-13-18)22-24-20(26-28-22)19-14-10-6-3-7-11-15-19/h18-19H,2-16H2,1H3. The van der Waals surface area contributed by atoms with Crippen LogP contribution < -0.4 is 0 Å². The summed E-state index contributed by atoms with van der Waals surface area (Å²) in [6.45, 7) is 2.99. The predicted molar refractivity (Wildman–Crippen MR) is 109 cm³/mol. The van der Waals surface area contributed by atoms with E-state index in [9.17, 15) is 0 Å². The van der Waals surface area contributed by atoms with Crippen LogP contribution in [-0.4, -0.2) is 24.9 Å². The lowest BCUT2D eigenvalue weighted by Crippen LogP contribution is -2.14. The van der Waals surface area contributed by atoms with Crippen LogP contribution in [0.15, 0.2) is 4.52 Å². The molecule has 0 spiro atoms. The number of hydrogen-bond acceptors (Lipinski definition) is 5. The molecule has 154 valence electrons. The molecule has 4 rings (SSSR count). The van der Waals surface area contributed by atoms with E-state index in [4.69, 9.17) is 9.62 Å². The summed E-state index contributed by atoms with van der Waals surface area (Å²) in [5.41, 5.74) is 0. The second kappa shape index (κ2) is 9.66. The van der Waals surface area contributed by atoms with Gasteiger partial charge in [-0.05, 0) is 38.5 Å². The smallest absolute Gasteiger partial charge is 0.297 e. The molecule has 2 saturated carbocycles. The Morgan fingerprint density at radius 1 is 0.821 bits per heavy atom. The molecule has 0 N–H and O–H groups in total. The fourth-order valence-electron chi connectivity index (χ4n) is 4.86. The number of aryl methyl sites for hydroxylation is 1. The van der Waals surface area contributed by atoms with E-state index in [1.807, 2.05) is 6.92 Å². The van der Waals surface area contributed by atoms with Gasteiger partial charge < -0.3 is 4.52 Å². The fraction of sp³-hybridized carbons (Fsp3) is 0.818. The number of nitrogens with zero attached hydrogens (tertiary/aromatic N) is 5. The highest BCUT2D eigenvalue weighted by Crippen LogP contribution is 2.30. The molecular formula is C22H35N5O. The molecule has 0 bridgehead atoms. The van der Waals surface area contributed by atoms with E-state index >= 15 is 0 Å². The molecule has 0 aromatic carbocycles. The summed E-state index contributed by atoms with van der Waals surface area (Å²) in [6.07, 6.45) is 18.4. The quantitative estimate of drug-likeness (QED) is 0.662. The molecule has 6 heteroatoms. The Bertz CT molecular complexity index is 721. The van der Waals surface area contributed by atoms with Gasteiger partial charge in [0.1, 0.15) is 5.82 Å². The summed E-state index contributed by atoms with van der Waals surface area (Å²) in [5.74, 6) is 4.01. The maximum Gasteiger partial charge on any atom is 0.297 e. The van der Waals surface area contributed by atoms with Crippen molar-refractivity contribution in [3.05, 3.63) is 11.6 Å². The van der Waals surface area contributed by atoms with E-state index in [1.54, 1.807) is 0 Å². The van der Waals surface area contributed by atoms with Crippen molar-refractivity contribution in [2.45, 2.75) is 109 Å². The van der Waals surface area contributed by atoms with Crippen LogP contribution in [0.4, 0.5) is 0 Å². The van der Waals surface area contributed by atoms with E-state index in [0.29, 0.717) is 23.6 Å². The van der Waals surface area contributed by atoms with E-state index in [-0.39, 0.29) is 0 Å². The molecule has 0 radical (unpaired) electrons. The molecule has 2 aliphatic rings. The van der Waals surface area contributed by atoms with Crippen LogP contribution in [0.3, 0.4) is 0 Å². The van der Waals surface area contributed by atoms with Crippen LogP contribution in [0.1, 0.15) is 107 Å². The Hall–Kier alpha value is -1.72. The van der Waals surface area contributed by atoms with Crippen LogP contribution in [0.25, 0.3) is 11.7 Å². The third-order valence-electron chi connectivity index (χ3n) is 6.62. The Labute approximate surface area is 168 Å². The van der Waals surface area contributed by atoms with Crippen molar-refractivity contribution in [2.75, 3.05) is 0 Å². The van der Waals surface area contributed by atoms with Crippen LogP contribution >= 0.6 is 0 Å². The summed E-state index contributed by atoms with van der Waals surface area (Å²) >= 11 is 0. The molecule has 2 aromatic rings. The fourth-order valence-corrected chi connectivity index (χ4v) is 4.86. The predicted octanol–water partition coefficient (Wildman–Crippen LogP) is 5.82. The van der Waals surface area contributed by atoms with Gasteiger partial charge in [0.05, 0.1) is 0 Å². The van der Waals surface area contributed by atoms with Crippen molar-refractivity contribution in [2.24, 2.45) is 5.92 Å². The minimum absolute atomic E-state index is 0.427. The Kier molecular flexibility index (Phi) is 6.76. The van der Waals surface area contributed by atoms with Crippen molar-refractivity contribution in [3.63, 3.8) is 0 Å². The second-order valence-electron chi connectivity index (χ2n) is 8.88. The molecule has 2 aliphatic carbocycles. The average molecular weight is 386 g/mol. The van der Waals surface area contributed by atoms with E-state index in [1.165, 1.54) is 89.9 Å². The molecule has 2 fully saturated rings. The van der Waals surface area contributed by atoms with Crippen LogP contribution in [0.2, 0.25) is 0 Å². The highest BCUT2D eigenvalue weighted by molar-refractivity contribution is 5.38. The Morgan fingerprint density at radius 2 is 1.43 bits per heavy atom. The Morgan fingerprint density at radius 3 is 2.11 bits per heavy atom. The lowest BCUT2D eigenvalue weighted by molar-refractivity contribution is 0.323. The summed E-state index contributed by atoms with van der Waals surface area (Å²) in [5, 5.41) is 9.02. The third kappa shape index (κ3) is 5.00. The normalized spacial score (nSPS) is 21.0. The van der Waals surface area contributed by atoms with Crippen molar-refractivity contribution in [1.29, 1.82) is 0 Å². The highest BCUT2D eigenvalue weighted by atomic mass is 16.5. The molecule has 0 atom stereocenters. The monoisotopic (exact) mass is 385 g/mol. The number of hydrogen-bond donors (Lipinski definition) is 0. The highest BCUT2D eigenvalue weighted by Gasteiger charge is 2.23. The van der Waals surface area contributed by atoms with Crippen molar-refractivity contribution in [3.8, 4) is 11.7 Å². The van der Waals surface area contributed by atoms with Gasteiger partial charge in [0, 0.05) is 12.5 Å². The van der Waals surface area contributed by atoms with Gasteiger partial charge in [0.2, 0.25) is 5.82 Å². The summed E-state index contributed by atoms with van der Waals surface area (Å²) in [7, 11) is 0. The van der Waals surface area contributed by atoms with Crippen LogP contribution in [-0.2, 0) is 6.54 Å². The van der Waals surface area contributed by atoms with E-state index in [0.717, 1.165) is 18.2 Å². The van der Waals surface area contributed by atoms with Gasteiger partial charge in [0.15, 0.2) is 5.82 Å². The minimum atomic E-state index is 0.427. The molecular weight excluding hydrogens is 350 g/mol. The van der Waals surface area contributed by atoms with Gasteiger partial charge in [-0.3, -0.25) is 0 Å². The maximum absolute atomic E-state index is 5.57. The molecule has 6 nitrogen and oxygen atoms in total. The molecule has 0 unspecified atom stereocenters. The lowest BCUT2D eigenvalue weighted by Gasteiger charge is -2.19. The first-order valence-electron chi connectivity index (χ1n) is 11.5. The molecule has 2 heterocycles. The second-order valence-corrected chi connectivity index (χ2v) is 8.88. The molecule has 0 aliphatic heterocycles. The number of rotatable bonds is 4. The van der Waals surface area contributed by atoms with Crippen molar-refractivity contribution < 1.29 is 4.52 Å². The van der Waals surface area contributed by atoms with Crippen LogP contribution in [0.5, 0.6) is 0 Å². The zero-order chi connectivity index (χ0) is 19.2. The Balaban J connectivity index is 1.43. The zero-order valence-corrected chi connectivity index (χ0v) is 17.4. The van der Waals surface area contributed by atoms with Crippen molar-refractivity contribution in [1.82, 2.24) is 24.9 Å². The van der Waals surface area contributed by atoms with Gasteiger partial charge in [-0.25, -0.2) is 9.67 Å². The average Bonchev–Trinajstić information content (AvgIpc) is 3.24.